The van der Waals surface area contributed by atoms with Gasteiger partial charge in [0.1, 0.15) is 6.10 Å². The monoisotopic (exact) mass is 316 g/mol. The molecule has 0 bridgehead atoms. The number of carbonyl (C=O) groups excluding carboxylic acids is 1. The summed E-state index contributed by atoms with van der Waals surface area (Å²) in [7, 11) is 0. The normalized spacial score (nSPS) is 35.6. The molecule has 3 atom stereocenters. The van der Waals surface area contributed by atoms with E-state index in [0.717, 1.165) is 49.7 Å². The van der Waals surface area contributed by atoms with Crippen LogP contribution in [0.15, 0.2) is 34.4 Å². The average Bonchev–Trinajstić information content (AvgIpc) is 3.06. The predicted molar refractivity (Wildman–Crippen MR) is 91.1 cm³/mol. The van der Waals surface area contributed by atoms with Crippen LogP contribution in [0.1, 0.15) is 66.2 Å². The zero-order chi connectivity index (χ0) is 16.6. The molecule has 0 aromatic rings. The second-order valence-electron chi connectivity index (χ2n) is 7.54. The highest BCUT2D eigenvalue weighted by Crippen LogP contribution is 2.45. The van der Waals surface area contributed by atoms with Crippen molar-refractivity contribution in [1.29, 1.82) is 0 Å². The lowest BCUT2D eigenvalue weighted by Crippen LogP contribution is -2.14. The molecule has 0 N–H and O–H groups in total. The van der Waals surface area contributed by atoms with Crippen LogP contribution in [-0.2, 0) is 14.3 Å². The average molecular weight is 316 g/mol. The smallest absolute Gasteiger partial charge is 0.334 e. The first-order chi connectivity index (χ1) is 10.9. The van der Waals surface area contributed by atoms with Crippen LogP contribution in [0, 0.1) is 0 Å². The highest BCUT2D eigenvalue weighted by molar-refractivity contribution is 5.92. The van der Waals surface area contributed by atoms with E-state index in [1.54, 1.807) is 0 Å². The summed E-state index contributed by atoms with van der Waals surface area (Å²) < 4.78 is 11.5. The molecule has 3 nitrogen and oxygen atoms in total. The first kappa shape index (κ1) is 16.5. The Morgan fingerprint density at radius 2 is 1.91 bits per heavy atom. The van der Waals surface area contributed by atoms with Crippen LogP contribution in [-0.4, -0.2) is 23.8 Å². The van der Waals surface area contributed by atoms with Crippen molar-refractivity contribution in [2.75, 3.05) is 0 Å². The lowest BCUT2D eigenvalue weighted by atomic mass is 9.91. The van der Waals surface area contributed by atoms with E-state index in [-0.39, 0.29) is 17.7 Å². The third kappa shape index (κ3) is 3.60. The lowest BCUT2D eigenvalue weighted by molar-refractivity contribution is -0.138. The van der Waals surface area contributed by atoms with Gasteiger partial charge in [-0.25, -0.2) is 4.79 Å². The maximum absolute atomic E-state index is 12.0. The number of fused-ring (bicyclic) bond motifs is 2. The SMILES string of the molecule is CC1=CC2OC(=O)C(C)=C2CCC2(C)OC2CCC(C)=CCC1. The van der Waals surface area contributed by atoms with Crippen LogP contribution >= 0.6 is 0 Å². The van der Waals surface area contributed by atoms with Crippen LogP contribution in [0.4, 0.5) is 0 Å². The lowest BCUT2D eigenvalue weighted by Gasteiger charge is -2.14. The molecule has 1 aliphatic carbocycles. The van der Waals surface area contributed by atoms with Gasteiger partial charge < -0.3 is 9.47 Å². The Bertz CT molecular complexity index is 596. The van der Waals surface area contributed by atoms with Crippen molar-refractivity contribution >= 4 is 5.97 Å². The molecule has 2 heterocycles. The number of carbonyl (C=O) groups is 1. The zero-order valence-electron chi connectivity index (χ0n) is 14.8. The van der Waals surface area contributed by atoms with Gasteiger partial charge in [0.25, 0.3) is 0 Å². The highest BCUT2D eigenvalue weighted by atomic mass is 16.6. The number of epoxide rings is 1. The standard InChI is InChI=1S/C20H28O3/c1-13-6-5-7-14(2)12-17-16(15(3)19(21)22-17)10-11-20(4)18(23-20)9-8-13/h6,12,17-18H,5,7-11H2,1-4H3. The van der Waals surface area contributed by atoms with E-state index in [2.05, 4.69) is 32.9 Å². The van der Waals surface area contributed by atoms with Crippen LogP contribution in [0.5, 0.6) is 0 Å². The fourth-order valence-electron chi connectivity index (χ4n) is 3.69. The third-order valence-corrected chi connectivity index (χ3v) is 5.56. The molecule has 1 fully saturated rings. The van der Waals surface area contributed by atoms with Gasteiger partial charge >= 0.3 is 5.97 Å². The number of esters is 1. The summed E-state index contributed by atoms with van der Waals surface area (Å²) in [5, 5.41) is 0. The topological polar surface area (TPSA) is 38.8 Å². The highest BCUT2D eigenvalue weighted by Gasteiger charge is 2.51. The molecule has 2 aliphatic heterocycles. The number of hydrogen-bond acceptors (Lipinski definition) is 3. The number of ether oxygens (including phenoxy) is 2. The van der Waals surface area contributed by atoms with Gasteiger partial charge in [0, 0.05) is 5.57 Å². The molecule has 1 saturated heterocycles. The minimum atomic E-state index is -0.170. The van der Waals surface area contributed by atoms with E-state index < -0.39 is 0 Å². The number of allylic oxidation sites excluding steroid dienone is 3. The molecular weight excluding hydrogens is 288 g/mol. The first-order valence-corrected chi connectivity index (χ1v) is 8.80. The second kappa shape index (κ2) is 6.27. The van der Waals surface area contributed by atoms with E-state index in [1.807, 2.05) is 6.92 Å². The van der Waals surface area contributed by atoms with Gasteiger partial charge in [-0.1, -0.05) is 17.2 Å². The summed E-state index contributed by atoms with van der Waals surface area (Å²) >= 11 is 0. The molecule has 3 aliphatic rings. The van der Waals surface area contributed by atoms with E-state index in [9.17, 15) is 4.79 Å². The molecule has 0 amide bonds. The summed E-state index contributed by atoms with van der Waals surface area (Å²) in [6.07, 6.45) is 10.8. The van der Waals surface area contributed by atoms with Crippen molar-refractivity contribution in [3.63, 3.8) is 0 Å². The fourth-order valence-corrected chi connectivity index (χ4v) is 3.69. The third-order valence-electron chi connectivity index (χ3n) is 5.56. The molecular formula is C20H28O3. The Balaban J connectivity index is 1.82. The fraction of sp³-hybridized carbons (Fsp3) is 0.650. The summed E-state index contributed by atoms with van der Waals surface area (Å²) in [5.41, 5.74) is 4.67. The van der Waals surface area contributed by atoms with Crippen LogP contribution in [0.3, 0.4) is 0 Å². The Hall–Kier alpha value is -1.35. The van der Waals surface area contributed by atoms with Gasteiger partial charge in [-0.05, 0) is 77.9 Å². The van der Waals surface area contributed by atoms with Crippen LogP contribution < -0.4 is 0 Å². The largest absolute Gasteiger partial charge is 0.450 e. The van der Waals surface area contributed by atoms with E-state index in [1.165, 1.54) is 11.1 Å². The second-order valence-corrected chi connectivity index (χ2v) is 7.54. The molecule has 126 valence electrons. The molecule has 3 heteroatoms. The number of rotatable bonds is 0. The number of hydrogen-bond donors (Lipinski definition) is 0. The molecule has 0 radical (unpaired) electrons. The molecule has 3 unspecified atom stereocenters. The Kier molecular flexibility index (Phi) is 4.50. The van der Waals surface area contributed by atoms with Gasteiger partial charge in [-0.3, -0.25) is 0 Å². The van der Waals surface area contributed by atoms with Crippen LogP contribution in [0.2, 0.25) is 0 Å². The van der Waals surface area contributed by atoms with E-state index >= 15 is 0 Å². The van der Waals surface area contributed by atoms with Crippen molar-refractivity contribution in [2.24, 2.45) is 0 Å². The van der Waals surface area contributed by atoms with Crippen LogP contribution in [0.25, 0.3) is 0 Å². The van der Waals surface area contributed by atoms with Crippen molar-refractivity contribution in [3.8, 4) is 0 Å². The molecule has 0 aromatic heterocycles. The Labute approximate surface area is 139 Å². The van der Waals surface area contributed by atoms with Gasteiger partial charge in [-0.15, -0.1) is 0 Å². The van der Waals surface area contributed by atoms with Gasteiger partial charge in [0.05, 0.1) is 11.7 Å². The van der Waals surface area contributed by atoms with Crippen molar-refractivity contribution in [1.82, 2.24) is 0 Å². The minimum absolute atomic E-state index is 0.0212. The van der Waals surface area contributed by atoms with Gasteiger partial charge in [-0.2, -0.15) is 0 Å². The summed E-state index contributed by atoms with van der Waals surface area (Å²) in [6, 6.07) is 0. The summed E-state index contributed by atoms with van der Waals surface area (Å²) in [4.78, 5) is 12.0. The Morgan fingerprint density at radius 3 is 2.70 bits per heavy atom. The summed E-state index contributed by atoms with van der Waals surface area (Å²) in [6.45, 7) is 8.44. The van der Waals surface area contributed by atoms with Gasteiger partial charge in [0.15, 0.2) is 0 Å². The molecule has 3 rings (SSSR count). The molecule has 23 heavy (non-hydrogen) atoms. The molecule has 0 saturated carbocycles. The van der Waals surface area contributed by atoms with Crippen molar-refractivity contribution in [3.05, 3.63) is 34.4 Å². The minimum Gasteiger partial charge on any atom is -0.450 e. The Morgan fingerprint density at radius 1 is 1.13 bits per heavy atom. The maximum atomic E-state index is 12.0. The van der Waals surface area contributed by atoms with Crippen molar-refractivity contribution < 1.29 is 14.3 Å². The van der Waals surface area contributed by atoms with E-state index in [0.29, 0.717) is 6.10 Å². The maximum Gasteiger partial charge on any atom is 0.334 e. The molecule has 0 spiro atoms. The first-order valence-electron chi connectivity index (χ1n) is 8.80. The zero-order valence-corrected chi connectivity index (χ0v) is 14.8. The summed E-state index contributed by atoms with van der Waals surface area (Å²) in [5.74, 6) is -0.160. The van der Waals surface area contributed by atoms with Gasteiger partial charge in [0.2, 0.25) is 0 Å². The van der Waals surface area contributed by atoms with Crippen molar-refractivity contribution in [2.45, 2.75) is 84.0 Å². The molecule has 0 aromatic carbocycles. The quantitative estimate of drug-likeness (QED) is 0.371. The predicted octanol–water partition coefficient (Wildman–Crippen LogP) is 4.63. The van der Waals surface area contributed by atoms with E-state index in [4.69, 9.17) is 9.47 Å².